The fourth-order valence-corrected chi connectivity index (χ4v) is 3.65. The van der Waals surface area contributed by atoms with Gasteiger partial charge < -0.3 is 4.74 Å². The summed E-state index contributed by atoms with van der Waals surface area (Å²) in [6, 6.07) is 12.6. The van der Waals surface area contributed by atoms with E-state index in [2.05, 4.69) is 0 Å². The normalized spacial score (nSPS) is 11.8. The molecule has 2 rings (SSSR count). The smallest absolute Gasteiger partial charge is 0.320 e. The van der Waals surface area contributed by atoms with Gasteiger partial charge in [-0.3, -0.25) is 9.69 Å². The number of ether oxygens (including phenoxy) is 1. The van der Waals surface area contributed by atoms with Crippen LogP contribution >= 0.6 is 0 Å². The second kappa shape index (κ2) is 9.77. The average molecular weight is 408 g/mol. The monoisotopic (exact) mass is 408 g/mol. The van der Waals surface area contributed by atoms with Crippen LogP contribution in [0.1, 0.15) is 18.1 Å². The van der Waals surface area contributed by atoms with Crippen molar-refractivity contribution < 1.29 is 22.3 Å². The van der Waals surface area contributed by atoms with Crippen molar-refractivity contribution in [2.24, 2.45) is 0 Å². The quantitative estimate of drug-likeness (QED) is 0.597. The first-order valence-electron chi connectivity index (χ1n) is 8.86. The molecule has 0 unspecified atom stereocenters. The van der Waals surface area contributed by atoms with Crippen molar-refractivity contribution in [3.8, 4) is 0 Å². The number of nitrogens with zero attached hydrogens (tertiary/aromatic N) is 2. The summed E-state index contributed by atoms with van der Waals surface area (Å²) in [6.45, 7) is 2.78. The van der Waals surface area contributed by atoms with E-state index in [1.807, 2.05) is 4.90 Å². The summed E-state index contributed by atoms with van der Waals surface area (Å²) in [4.78, 5) is 14.0. The summed E-state index contributed by atoms with van der Waals surface area (Å²) in [5, 5.41) is 0. The summed E-state index contributed by atoms with van der Waals surface area (Å²) in [6.07, 6.45) is 0. The van der Waals surface area contributed by atoms with Crippen molar-refractivity contribution >= 4 is 16.0 Å². The number of sulfonamides is 1. The number of carbonyl (C=O) groups excluding carboxylic acids is 1. The lowest BCUT2D eigenvalue weighted by atomic mass is 10.1. The molecular formula is C20H25FN2O4S. The number of carbonyl (C=O) groups is 1. The molecule has 0 saturated heterocycles. The molecule has 0 aliphatic carbocycles. The standard InChI is InChI=1S/C20H25FN2O4S/c1-4-27-20(24)15-23(13-16-8-10-18(21)11-9-16)14-17-6-5-7-19(12-17)28(25,26)22(2)3/h5-12H,4,13-15H2,1-3H3. The summed E-state index contributed by atoms with van der Waals surface area (Å²) in [7, 11) is -0.597. The lowest BCUT2D eigenvalue weighted by Crippen LogP contribution is -2.30. The lowest BCUT2D eigenvalue weighted by Gasteiger charge is -2.22. The Morgan fingerprint density at radius 2 is 1.68 bits per heavy atom. The van der Waals surface area contributed by atoms with Crippen molar-refractivity contribution in [1.29, 1.82) is 0 Å². The van der Waals surface area contributed by atoms with Gasteiger partial charge in [-0.2, -0.15) is 0 Å². The Bertz CT molecular complexity index is 899. The van der Waals surface area contributed by atoms with Crippen molar-refractivity contribution in [1.82, 2.24) is 9.21 Å². The summed E-state index contributed by atoms with van der Waals surface area (Å²) in [5.41, 5.74) is 1.58. The van der Waals surface area contributed by atoms with Crippen LogP contribution in [0.2, 0.25) is 0 Å². The van der Waals surface area contributed by atoms with Crippen molar-refractivity contribution in [2.45, 2.75) is 24.9 Å². The molecule has 0 bridgehead atoms. The first-order chi connectivity index (χ1) is 13.2. The van der Waals surface area contributed by atoms with E-state index in [9.17, 15) is 17.6 Å². The average Bonchev–Trinajstić information content (AvgIpc) is 2.64. The molecule has 0 aliphatic heterocycles. The minimum atomic E-state index is -3.55. The molecular weight excluding hydrogens is 383 g/mol. The Morgan fingerprint density at radius 1 is 1.04 bits per heavy atom. The number of rotatable bonds is 9. The number of hydrogen-bond acceptors (Lipinski definition) is 5. The van der Waals surface area contributed by atoms with Crippen LogP contribution in [0.4, 0.5) is 4.39 Å². The maximum absolute atomic E-state index is 13.2. The molecule has 0 saturated carbocycles. The third-order valence-corrected chi connectivity index (χ3v) is 5.87. The molecule has 0 radical (unpaired) electrons. The maximum Gasteiger partial charge on any atom is 0.320 e. The molecule has 0 fully saturated rings. The molecule has 28 heavy (non-hydrogen) atoms. The van der Waals surface area contributed by atoms with E-state index in [0.717, 1.165) is 15.4 Å². The predicted molar refractivity (Wildman–Crippen MR) is 104 cm³/mol. The summed E-state index contributed by atoms with van der Waals surface area (Å²) in [5.74, 6) is -0.705. The molecule has 6 nitrogen and oxygen atoms in total. The number of benzene rings is 2. The largest absolute Gasteiger partial charge is 0.465 e. The Morgan fingerprint density at radius 3 is 2.29 bits per heavy atom. The third-order valence-electron chi connectivity index (χ3n) is 4.06. The first kappa shape index (κ1) is 22.0. The zero-order valence-electron chi connectivity index (χ0n) is 16.3. The van der Waals surface area contributed by atoms with Crippen LogP contribution in [0.15, 0.2) is 53.4 Å². The molecule has 0 heterocycles. The Labute approximate surface area is 165 Å². The molecule has 2 aromatic rings. The highest BCUT2D eigenvalue weighted by molar-refractivity contribution is 7.89. The topological polar surface area (TPSA) is 66.9 Å². The number of esters is 1. The van der Waals surface area contributed by atoms with E-state index in [1.165, 1.54) is 32.3 Å². The fraction of sp³-hybridized carbons (Fsp3) is 0.350. The van der Waals surface area contributed by atoms with Gasteiger partial charge in [0.15, 0.2) is 0 Å². The van der Waals surface area contributed by atoms with Crippen molar-refractivity contribution in [3.05, 3.63) is 65.5 Å². The molecule has 0 aliphatic rings. The first-order valence-corrected chi connectivity index (χ1v) is 10.3. The Hall–Kier alpha value is -2.29. The minimum absolute atomic E-state index is 0.0376. The van der Waals surface area contributed by atoms with Crippen molar-refractivity contribution in [2.75, 3.05) is 27.2 Å². The lowest BCUT2D eigenvalue weighted by molar-refractivity contribution is -0.144. The van der Waals surface area contributed by atoms with Gasteiger partial charge in [-0.1, -0.05) is 24.3 Å². The van der Waals surface area contributed by atoms with Crippen molar-refractivity contribution in [3.63, 3.8) is 0 Å². The molecule has 2 aromatic carbocycles. The van der Waals surface area contributed by atoms with E-state index in [1.54, 1.807) is 37.3 Å². The van der Waals surface area contributed by atoms with Crippen LogP contribution in [0.5, 0.6) is 0 Å². The highest BCUT2D eigenvalue weighted by Gasteiger charge is 2.19. The van der Waals surface area contributed by atoms with Crippen LogP contribution in [-0.2, 0) is 32.6 Å². The zero-order chi connectivity index (χ0) is 20.7. The Balaban J connectivity index is 2.23. The highest BCUT2D eigenvalue weighted by Crippen LogP contribution is 2.17. The second-order valence-corrected chi connectivity index (χ2v) is 8.66. The predicted octanol–water partition coefficient (Wildman–Crippen LogP) is 2.64. The molecule has 0 amide bonds. The van der Waals surface area contributed by atoms with Gasteiger partial charge in [0.1, 0.15) is 5.82 Å². The maximum atomic E-state index is 13.2. The number of halogens is 1. The van der Waals surface area contributed by atoms with Crippen LogP contribution in [0.25, 0.3) is 0 Å². The van der Waals surface area contributed by atoms with Gasteiger partial charge in [-0.05, 0) is 42.3 Å². The summed E-state index contributed by atoms with van der Waals surface area (Å²) < 4.78 is 44.1. The van der Waals surface area contributed by atoms with Gasteiger partial charge in [0.05, 0.1) is 18.0 Å². The van der Waals surface area contributed by atoms with Gasteiger partial charge in [-0.25, -0.2) is 17.1 Å². The molecule has 0 N–H and O–H groups in total. The molecule has 0 aromatic heterocycles. The van der Waals surface area contributed by atoms with Gasteiger partial charge in [0.2, 0.25) is 10.0 Å². The molecule has 152 valence electrons. The van der Waals surface area contributed by atoms with Crippen LogP contribution in [0.3, 0.4) is 0 Å². The van der Waals surface area contributed by atoms with Crippen LogP contribution in [-0.4, -0.2) is 50.8 Å². The third kappa shape index (κ3) is 6.12. The Kier molecular flexibility index (Phi) is 7.68. The fourth-order valence-electron chi connectivity index (χ4n) is 2.68. The van der Waals surface area contributed by atoms with Gasteiger partial charge in [0.25, 0.3) is 0 Å². The molecule has 8 heteroatoms. The second-order valence-electron chi connectivity index (χ2n) is 6.51. The van der Waals surface area contributed by atoms with E-state index in [4.69, 9.17) is 4.74 Å². The van der Waals surface area contributed by atoms with E-state index < -0.39 is 10.0 Å². The van der Waals surface area contributed by atoms with E-state index in [0.29, 0.717) is 13.1 Å². The number of hydrogen-bond donors (Lipinski definition) is 0. The summed E-state index contributed by atoms with van der Waals surface area (Å²) >= 11 is 0. The minimum Gasteiger partial charge on any atom is -0.465 e. The van der Waals surface area contributed by atoms with Crippen LogP contribution in [0, 0.1) is 5.82 Å². The van der Waals surface area contributed by atoms with E-state index in [-0.39, 0.29) is 29.8 Å². The highest BCUT2D eigenvalue weighted by atomic mass is 32.2. The van der Waals surface area contributed by atoms with E-state index >= 15 is 0 Å². The SMILES string of the molecule is CCOC(=O)CN(Cc1ccc(F)cc1)Cc1cccc(S(=O)(=O)N(C)C)c1. The zero-order valence-corrected chi connectivity index (χ0v) is 17.1. The molecule has 0 atom stereocenters. The van der Waals surface area contributed by atoms with Gasteiger partial charge >= 0.3 is 5.97 Å². The van der Waals surface area contributed by atoms with Gasteiger partial charge in [-0.15, -0.1) is 0 Å². The molecule has 0 spiro atoms. The van der Waals surface area contributed by atoms with Gasteiger partial charge in [0, 0.05) is 27.2 Å². The van der Waals surface area contributed by atoms with Crippen LogP contribution < -0.4 is 0 Å².